The number of anilines is 3. The van der Waals surface area contributed by atoms with Crippen molar-refractivity contribution in [3.05, 3.63) is 123 Å². The zero-order chi connectivity index (χ0) is 24.9. The molecule has 0 aliphatic carbocycles. The fraction of sp³-hybridized carbons (Fsp3) is 0.179. The van der Waals surface area contributed by atoms with Crippen molar-refractivity contribution >= 4 is 23.1 Å². The van der Waals surface area contributed by atoms with Gasteiger partial charge in [0.1, 0.15) is 12.5 Å². The lowest BCUT2D eigenvalue weighted by Gasteiger charge is -2.28. The fourth-order valence-corrected chi connectivity index (χ4v) is 4.38. The van der Waals surface area contributed by atoms with Gasteiger partial charge in [0.15, 0.2) is 5.69 Å². The quantitative estimate of drug-likeness (QED) is 0.433. The summed E-state index contributed by atoms with van der Waals surface area (Å²) in [6.07, 6.45) is 0.176. The molecule has 1 aliphatic heterocycles. The number of nitrogens with one attached hydrogen (secondary N) is 1. The minimum absolute atomic E-state index is 0.0937. The normalized spacial score (nSPS) is 13.4. The Balaban J connectivity index is 1.62. The van der Waals surface area contributed by atoms with Crippen molar-refractivity contribution in [2.24, 2.45) is 0 Å². The van der Waals surface area contributed by atoms with Crippen molar-refractivity contribution in [2.75, 3.05) is 16.3 Å². The topological polar surface area (TPSA) is 87.6 Å². The second kappa shape index (κ2) is 10.5. The van der Waals surface area contributed by atoms with Gasteiger partial charge in [-0.25, -0.2) is 4.79 Å². The van der Waals surface area contributed by atoms with Crippen molar-refractivity contribution in [1.82, 2.24) is 9.55 Å². The number of hydrogen-bond acceptors (Lipinski definition) is 5. The summed E-state index contributed by atoms with van der Waals surface area (Å²) in [5.41, 5.74) is 1.54. The molecule has 0 radical (unpaired) electrons. The number of para-hydroxylation sites is 1. The zero-order valence-corrected chi connectivity index (χ0v) is 19.7. The van der Waals surface area contributed by atoms with Crippen molar-refractivity contribution < 1.29 is 9.53 Å². The lowest BCUT2D eigenvalue weighted by atomic mass is 10.2. The van der Waals surface area contributed by atoms with E-state index in [4.69, 9.17) is 4.74 Å². The van der Waals surface area contributed by atoms with Crippen LogP contribution in [0.15, 0.2) is 101 Å². The first kappa shape index (κ1) is 23.3. The van der Waals surface area contributed by atoms with Crippen LogP contribution < -0.4 is 21.0 Å². The highest BCUT2D eigenvalue weighted by atomic mass is 16.5. The van der Waals surface area contributed by atoms with Crippen LogP contribution in [0.5, 0.6) is 0 Å². The molecule has 0 unspecified atom stereocenters. The average molecular weight is 483 g/mol. The van der Waals surface area contributed by atoms with E-state index in [0.29, 0.717) is 19.0 Å². The Hall–Kier alpha value is -4.43. The summed E-state index contributed by atoms with van der Waals surface area (Å²) in [5.74, 6) is 0.143. The first-order chi connectivity index (χ1) is 17.6. The number of benzene rings is 3. The maximum Gasteiger partial charge on any atom is 0.331 e. The van der Waals surface area contributed by atoms with Gasteiger partial charge in [0.25, 0.3) is 5.56 Å². The zero-order valence-electron chi connectivity index (χ0n) is 19.7. The number of fused-ring (bicyclic) bond motifs is 1. The van der Waals surface area contributed by atoms with Crippen molar-refractivity contribution in [3.63, 3.8) is 0 Å². The molecule has 3 aromatic carbocycles. The molecule has 5 rings (SSSR count). The monoisotopic (exact) mass is 482 g/mol. The van der Waals surface area contributed by atoms with Gasteiger partial charge in [0, 0.05) is 18.7 Å². The Bertz CT molecular complexity index is 1450. The Morgan fingerprint density at radius 1 is 0.778 bits per heavy atom. The number of hydrogen-bond donors (Lipinski definition) is 1. The van der Waals surface area contributed by atoms with Crippen LogP contribution in [0.1, 0.15) is 17.5 Å². The Kier molecular flexibility index (Phi) is 6.77. The van der Waals surface area contributed by atoms with Gasteiger partial charge in [-0.05, 0) is 23.3 Å². The third kappa shape index (κ3) is 4.85. The van der Waals surface area contributed by atoms with E-state index in [0.717, 1.165) is 16.8 Å². The molecule has 0 bridgehead atoms. The molecule has 1 aromatic heterocycles. The Morgan fingerprint density at radius 3 is 2.06 bits per heavy atom. The molecule has 8 heteroatoms. The highest BCUT2D eigenvalue weighted by Gasteiger charge is 2.33. The molecule has 36 heavy (non-hydrogen) atoms. The maximum absolute atomic E-state index is 13.3. The average Bonchev–Trinajstić information content (AvgIpc) is 3.04. The molecular weight excluding hydrogens is 456 g/mol. The predicted octanol–water partition coefficient (Wildman–Crippen LogP) is 3.79. The van der Waals surface area contributed by atoms with Crippen LogP contribution in [0, 0.1) is 0 Å². The number of rotatable bonds is 7. The Morgan fingerprint density at radius 2 is 1.39 bits per heavy atom. The van der Waals surface area contributed by atoms with Gasteiger partial charge >= 0.3 is 5.69 Å². The van der Waals surface area contributed by atoms with E-state index < -0.39 is 11.2 Å². The van der Waals surface area contributed by atoms with Crippen LogP contribution in [-0.4, -0.2) is 22.0 Å². The van der Waals surface area contributed by atoms with Crippen LogP contribution in [0.3, 0.4) is 0 Å². The lowest BCUT2D eigenvalue weighted by molar-refractivity contribution is -0.118. The molecule has 182 valence electrons. The molecule has 8 nitrogen and oxygen atoms in total. The van der Waals surface area contributed by atoms with E-state index in [1.807, 2.05) is 95.9 Å². The fourth-order valence-electron chi connectivity index (χ4n) is 4.38. The molecular formula is C28H26N4O4. The highest BCUT2D eigenvalue weighted by Crippen LogP contribution is 2.35. The number of aromatic amines is 1. The summed E-state index contributed by atoms with van der Waals surface area (Å²) >= 11 is 0. The predicted molar refractivity (Wildman–Crippen MR) is 138 cm³/mol. The SMILES string of the molecule is O=C1CCN(c2ccccc2)c2c(c(=O)[nH]c(=O)n2COCc2ccccc2)N1Cc1ccccc1. The van der Waals surface area contributed by atoms with E-state index >= 15 is 0 Å². The first-order valence-corrected chi connectivity index (χ1v) is 11.8. The number of ether oxygens (including phenoxy) is 1. The van der Waals surface area contributed by atoms with Crippen molar-refractivity contribution in [3.8, 4) is 0 Å². The molecule has 1 aliphatic rings. The van der Waals surface area contributed by atoms with Crippen LogP contribution in [-0.2, 0) is 29.4 Å². The van der Waals surface area contributed by atoms with Gasteiger partial charge < -0.3 is 9.64 Å². The van der Waals surface area contributed by atoms with Gasteiger partial charge in [-0.15, -0.1) is 0 Å². The maximum atomic E-state index is 13.3. The van der Waals surface area contributed by atoms with E-state index in [-0.39, 0.29) is 31.3 Å². The minimum atomic E-state index is -0.610. The standard InChI is InChI=1S/C28H26N4O4/c33-24-16-17-30(23-14-8-3-9-15-23)27-25(31(24)18-21-10-4-1-5-11-21)26(34)29-28(35)32(27)20-36-19-22-12-6-2-7-13-22/h1-15H,16-20H2,(H,29,34,35). The van der Waals surface area contributed by atoms with Gasteiger partial charge in [-0.2, -0.15) is 0 Å². The number of nitrogens with zero attached hydrogens (tertiary/aromatic N) is 3. The van der Waals surface area contributed by atoms with Crippen molar-refractivity contribution in [2.45, 2.75) is 26.3 Å². The van der Waals surface area contributed by atoms with Gasteiger partial charge in [0.2, 0.25) is 5.91 Å². The number of carbonyl (C=O) groups excluding carboxylic acids is 1. The van der Waals surface area contributed by atoms with E-state index in [2.05, 4.69) is 4.98 Å². The highest BCUT2D eigenvalue weighted by molar-refractivity contribution is 5.98. The van der Waals surface area contributed by atoms with Crippen molar-refractivity contribution in [1.29, 1.82) is 0 Å². The third-order valence-electron chi connectivity index (χ3n) is 6.11. The summed E-state index contributed by atoms with van der Waals surface area (Å²) in [7, 11) is 0. The molecule has 1 N–H and O–H groups in total. The summed E-state index contributed by atoms with van der Waals surface area (Å²) in [4.78, 5) is 45.4. The summed E-state index contributed by atoms with van der Waals surface area (Å²) in [5, 5.41) is 0. The van der Waals surface area contributed by atoms with Crippen LogP contribution in [0.4, 0.5) is 17.2 Å². The summed E-state index contributed by atoms with van der Waals surface area (Å²) < 4.78 is 7.30. The number of H-pyrrole nitrogens is 1. The van der Waals surface area contributed by atoms with E-state index in [1.54, 1.807) is 0 Å². The smallest absolute Gasteiger partial charge is 0.331 e. The molecule has 1 amide bonds. The first-order valence-electron chi connectivity index (χ1n) is 11.8. The van der Waals surface area contributed by atoms with Crippen LogP contribution in [0.2, 0.25) is 0 Å². The summed E-state index contributed by atoms with van der Waals surface area (Å²) in [6.45, 7) is 0.715. The second-order valence-corrected chi connectivity index (χ2v) is 8.53. The third-order valence-corrected chi connectivity index (χ3v) is 6.11. The molecule has 0 saturated carbocycles. The number of amides is 1. The molecule has 2 heterocycles. The van der Waals surface area contributed by atoms with Crippen LogP contribution >= 0.6 is 0 Å². The van der Waals surface area contributed by atoms with E-state index in [9.17, 15) is 14.4 Å². The number of aromatic nitrogens is 2. The number of carbonyl (C=O) groups is 1. The molecule has 4 aromatic rings. The largest absolute Gasteiger partial charge is 0.356 e. The van der Waals surface area contributed by atoms with Gasteiger partial charge in [-0.1, -0.05) is 78.9 Å². The van der Waals surface area contributed by atoms with E-state index in [1.165, 1.54) is 9.47 Å². The van der Waals surface area contributed by atoms with Crippen LogP contribution in [0.25, 0.3) is 0 Å². The lowest BCUT2D eigenvalue weighted by Crippen LogP contribution is -2.40. The molecule has 0 spiro atoms. The van der Waals surface area contributed by atoms with Gasteiger partial charge in [0.05, 0.1) is 13.2 Å². The second-order valence-electron chi connectivity index (χ2n) is 8.53. The molecule has 0 atom stereocenters. The Labute approximate surface area is 208 Å². The molecule has 0 fully saturated rings. The summed E-state index contributed by atoms with van der Waals surface area (Å²) in [6, 6.07) is 28.5. The van der Waals surface area contributed by atoms with Gasteiger partial charge in [-0.3, -0.25) is 24.0 Å². The molecule has 0 saturated heterocycles. The minimum Gasteiger partial charge on any atom is -0.356 e.